The molecular formula is C34H34N2O5S3. The van der Waals surface area contributed by atoms with Gasteiger partial charge in [-0.3, -0.25) is 4.98 Å². The molecule has 44 heavy (non-hydrogen) atoms. The van der Waals surface area contributed by atoms with Crippen LogP contribution in [0.4, 0.5) is 0 Å². The van der Waals surface area contributed by atoms with E-state index in [1.54, 1.807) is 64.4 Å². The minimum atomic E-state index is -3.42. The van der Waals surface area contributed by atoms with Gasteiger partial charge in [-0.25, -0.2) is 21.8 Å². The molecule has 228 valence electrons. The van der Waals surface area contributed by atoms with E-state index in [0.717, 1.165) is 38.7 Å². The van der Waals surface area contributed by atoms with Crippen molar-refractivity contribution < 1.29 is 21.9 Å². The van der Waals surface area contributed by atoms with Crippen molar-refractivity contribution >= 4 is 53.6 Å². The fourth-order valence-corrected chi connectivity index (χ4v) is 6.90. The molecule has 2 heterocycles. The highest BCUT2D eigenvalue weighted by molar-refractivity contribution is 7.91. The summed E-state index contributed by atoms with van der Waals surface area (Å²) in [5.41, 5.74) is 4.40. The number of rotatable bonds is 8. The first-order valence-corrected chi connectivity index (χ1v) is 18.5. The molecule has 5 aromatic rings. The van der Waals surface area contributed by atoms with Crippen LogP contribution in [0.25, 0.3) is 33.7 Å². The number of fused-ring (bicyclic) bond motifs is 1. The largest absolute Gasteiger partial charge is 0.385 e. The first-order valence-electron chi connectivity index (χ1n) is 13.9. The van der Waals surface area contributed by atoms with Gasteiger partial charge in [-0.05, 0) is 92.4 Å². The Labute approximate surface area is 262 Å². The van der Waals surface area contributed by atoms with Crippen molar-refractivity contribution in [3.05, 3.63) is 112 Å². The third kappa shape index (κ3) is 6.39. The van der Waals surface area contributed by atoms with Gasteiger partial charge in [0, 0.05) is 41.4 Å². The van der Waals surface area contributed by atoms with Gasteiger partial charge in [-0.15, -0.1) is 11.3 Å². The minimum absolute atomic E-state index is 0.218. The van der Waals surface area contributed by atoms with Crippen LogP contribution in [0.5, 0.6) is 0 Å². The Hall–Kier alpha value is -3.70. The predicted molar refractivity (Wildman–Crippen MR) is 179 cm³/mol. The van der Waals surface area contributed by atoms with E-state index < -0.39 is 30.0 Å². The minimum Gasteiger partial charge on any atom is -0.385 e. The summed E-state index contributed by atoms with van der Waals surface area (Å²) in [6.07, 6.45) is 7.77. The first-order chi connectivity index (χ1) is 20.4. The average Bonchev–Trinajstić information content (AvgIpc) is 3.45. The van der Waals surface area contributed by atoms with Crippen LogP contribution in [0.2, 0.25) is 0 Å². The Bertz CT molecular complexity index is 2120. The van der Waals surface area contributed by atoms with Crippen LogP contribution in [-0.2, 0) is 30.0 Å². The number of sulfone groups is 2. The maximum atomic E-state index is 12.7. The molecule has 0 aliphatic rings. The second-order valence-electron chi connectivity index (χ2n) is 12.0. The summed E-state index contributed by atoms with van der Waals surface area (Å²) in [5.74, 6) is 0. The number of benzene rings is 3. The maximum Gasteiger partial charge on any atom is 0.175 e. The normalized spacial score (nSPS) is 13.4. The third-order valence-corrected chi connectivity index (χ3v) is 12.3. The van der Waals surface area contributed by atoms with Crippen molar-refractivity contribution in [1.82, 2.24) is 9.97 Å². The van der Waals surface area contributed by atoms with Crippen LogP contribution < -0.4 is 0 Å². The summed E-state index contributed by atoms with van der Waals surface area (Å²) < 4.78 is 48.6. The Morgan fingerprint density at radius 3 is 2.18 bits per heavy atom. The van der Waals surface area contributed by atoms with Gasteiger partial charge in [-0.1, -0.05) is 36.4 Å². The van der Waals surface area contributed by atoms with Crippen molar-refractivity contribution in [1.29, 1.82) is 0 Å². The summed E-state index contributed by atoms with van der Waals surface area (Å²) >= 11 is 1.37. The molecular weight excluding hydrogens is 613 g/mol. The molecule has 0 aliphatic heterocycles. The first kappa shape index (κ1) is 31.7. The van der Waals surface area contributed by atoms with Gasteiger partial charge in [0.15, 0.2) is 19.7 Å². The van der Waals surface area contributed by atoms with E-state index in [1.165, 1.54) is 23.8 Å². The van der Waals surface area contributed by atoms with Crippen LogP contribution in [-0.4, -0.2) is 44.4 Å². The molecule has 3 aromatic carbocycles. The summed E-state index contributed by atoms with van der Waals surface area (Å²) in [7, 11) is -6.79. The van der Waals surface area contributed by atoms with E-state index in [1.807, 2.05) is 54.6 Å². The summed E-state index contributed by atoms with van der Waals surface area (Å²) in [6, 6.07) is 22.1. The Morgan fingerprint density at radius 2 is 1.57 bits per heavy atom. The second kappa shape index (κ2) is 11.3. The zero-order chi connectivity index (χ0) is 32.1. The van der Waals surface area contributed by atoms with Gasteiger partial charge in [0.1, 0.15) is 5.01 Å². The fourth-order valence-electron chi connectivity index (χ4n) is 4.77. The van der Waals surface area contributed by atoms with Gasteiger partial charge in [0.05, 0.1) is 25.6 Å². The van der Waals surface area contributed by atoms with Crippen LogP contribution >= 0.6 is 11.3 Å². The van der Waals surface area contributed by atoms with E-state index in [2.05, 4.69) is 9.97 Å². The van der Waals surface area contributed by atoms with Gasteiger partial charge in [0.25, 0.3) is 0 Å². The smallest absolute Gasteiger partial charge is 0.175 e. The number of pyridine rings is 1. The second-order valence-corrected chi connectivity index (χ2v) is 17.6. The topological polar surface area (TPSA) is 114 Å². The van der Waals surface area contributed by atoms with Crippen LogP contribution in [0, 0.1) is 0 Å². The summed E-state index contributed by atoms with van der Waals surface area (Å²) in [6.45, 7) is 6.82. The van der Waals surface area contributed by atoms with E-state index in [0.29, 0.717) is 15.4 Å². The SMILES string of the molecule is CC(C)(O)c1cnc(C(=Cc2cccc(-c3cc(C(C)(C)S(C)(=O)=O)cc4cccnc34)c2)c2ccc(S(C)(=O)=O)cc2)s1. The number of hydrogen-bond acceptors (Lipinski definition) is 8. The molecule has 5 rings (SSSR count). The molecule has 0 atom stereocenters. The highest BCUT2D eigenvalue weighted by atomic mass is 32.2. The number of aromatic nitrogens is 2. The Morgan fingerprint density at radius 1 is 0.864 bits per heavy atom. The van der Waals surface area contributed by atoms with Gasteiger partial charge >= 0.3 is 0 Å². The Balaban J connectivity index is 1.69. The molecule has 0 saturated heterocycles. The molecule has 0 radical (unpaired) electrons. The number of nitrogens with zero attached hydrogens (tertiary/aromatic N) is 2. The van der Waals surface area contributed by atoms with Crippen molar-refractivity contribution in [2.45, 2.75) is 42.9 Å². The fraction of sp³-hybridized carbons (Fsp3) is 0.235. The van der Waals surface area contributed by atoms with Crippen LogP contribution in [0.15, 0.2) is 90.1 Å². The molecule has 0 unspecified atom stereocenters. The lowest BCUT2D eigenvalue weighted by atomic mass is 9.92. The molecule has 0 amide bonds. The quantitative estimate of drug-likeness (QED) is 0.183. The highest BCUT2D eigenvalue weighted by Crippen LogP contribution is 2.38. The van der Waals surface area contributed by atoms with Gasteiger partial charge in [-0.2, -0.15) is 0 Å². The van der Waals surface area contributed by atoms with E-state index >= 15 is 0 Å². The lowest BCUT2D eigenvalue weighted by Crippen LogP contribution is -2.28. The van der Waals surface area contributed by atoms with E-state index in [9.17, 15) is 21.9 Å². The van der Waals surface area contributed by atoms with Crippen molar-refractivity contribution in [2.24, 2.45) is 0 Å². The van der Waals surface area contributed by atoms with Crippen molar-refractivity contribution in [2.75, 3.05) is 12.5 Å². The predicted octanol–water partition coefficient (Wildman–Crippen LogP) is 6.86. The Kier molecular flexibility index (Phi) is 8.17. The molecule has 0 bridgehead atoms. The lowest BCUT2D eigenvalue weighted by Gasteiger charge is -2.24. The number of thiazole rings is 1. The number of hydrogen-bond donors (Lipinski definition) is 1. The van der Waals surface area contributed by atoms with E-state index in [-0.39, 0.29) is 4.90 Å². The highest BCUT2D eigenvalue weighted by Gasteiger charge is 2.33. The number of aliphatic hydroxyl groups is 1. The summed E-state index contributed by atoms with van der Waals surface area (Å²) in [4.78, 5) is 10.2. The monoisotopic (exact) mass is 646 g/mol. The average molecular weight is 647 g/mol. The van der Waals surface area contributed by atoms with Crippen molar-refractivity contribution in [3.63, 3.8) is 0 Å². The maximum absolute atomic E-state index is 12.7. The van der Waals surface area contributed by atoms with E-state index in [4.69, 9.17) is 0 Å². The molecule has 10 heteroatoms. The molecule has 0 fully saturated rings. The molecule has 0 saturated carbocycles. The standard InChI is InChI=1S/C34H34N2O5S3/c1-33(2,37)30-21-36-32(42-30)29(23-12-14-27(15-13-23)43(5,38)39)18-22-9-7-10-24(17-22)28-20-26(34(3,4)44(6,40)41)19-25-11-8-16-35-31(25)28/h7-21,37H,1-6H3. The summed E-state index contributed by atoms with van der Waals surface area (Å²) in [5, 5.41) is 12.1. The lowest BCUT2D eigenvalue weighted by molar-refractivity contribution is 0.0823. The zero-order valence-electron chi connectivity index (χ0n) is 25.4. The zero-order valence-corrected chi connectivity index (χ0v) is 27.8. The van der Waals surface area contributed by atoms with Crippen LogP contribution in [0.3, 0.4) is 0 Å². The van der Waals surface area contributed by atoms with Crippen molar-refractivity contribution in [3.8, 4) is 11.1 Å². The molecule has 0 aliphatic carbocycles. The molecule has 0 spiro atoms. The van der Waals surface area contributed by atoms with Crippen LogP contribution in [0.1, 0.15) is 54.3 Å². The molecule has 1 N–H and O–H groups in total. The van der Waals surface area contributed by atoms with Gasteiger partial charge in [0.2, 0.25) is 0 Å². The third-order valence-electron chi connectivity index (χ3n) is 7.77. The molecule has 7 nitrogen and oxygen atoms in total. The molecule has 2 aromatic heterocycles. The van der Waals surface area contributed by atoms with Gasteiger partial charge < -0.3 is 5.11 Å².